The summed E-state index contributed by atoms with van der Waals surface area (Å²) in [6.45, 7) is -0.650. The molecule has 1 saturated heterocycles. The summed E-state index contributed by atoms with van der Waals surface area (Å²) >= 11 is 1.73. The van der Waals surface area contributed by atoms with Crippen LogP contribution in [0.4, 0.5) is 8.78 Å². The van der Waals surface area contributed by atoms with Gasteiger partial charge >= 0.3 is 0 Å². The summed E-state index contributed by atoms with van der Waals surface area (Å²) in [5, 5.41) is 0. The number of halogens is 2. The van der Waals surface area contributed by atoms with Crippen molar-refractivity contribution in [2.45, 2.75) is 18.8 Å². The third kappa shape index (κ3) is 2.57. The first kappa shape index (κ1) is 10.2. The average molecular weight is 197 g/mol. The first-order valence-corrected chi connectivity index (χ1v) is 5.09. The molecule has 2 nitrogen and oxygen atoms in total. The van der Waals surface area contributed by atoms with Gasteiger partial charge in [0, 0.05) is 5.92 Å². The molecule has 0 aliphatic carbocycles. The highest BCUT2D eigenvalue weighted by Crippen LogP contribution is 2.35. The highest BCUT2D eigenvalue weighted by molar-refractivity contribution is 7.99. The normalized spacial score (nSPS) is 21.2. The molecule has 0 aromatic carbocycles. The second kappa shape index (κ2) is 4.39. The Labute approximate surface area is 74.8 Å². The highest BCUT2D eigenvalue weighted by Gasteiger charge is 2.40. The molecular formula is C7H13F2NOS. The Kier molecular flexibility index (Phi) is 3.74. The van der Waals surface area contributed by atoms with E-state index in [0.29, 0.717) is 12.8 Å². The lowest BCUT2D eigenvalue weighted by molar-refractivity contribution is -0.120. The predicted octanol–water partition coefficient (Wildman–Crippen LogP) is 1.66. The summed E-state index contributed by atoms with van der Waals surface area (Å²) in [5.41, 5.74) is 0. The zero-order valence-electron chi connectivity index (χ0n) is 6.76. The van der Waals surface area contributed by atoms with Crippen LogP contribution in [0.5, 0.6) is 0 Å². The standard InChI is InChI=1S/C7H13F2NOS/c8-7(9,5-11-10)6-1-3-12-4-2-6/h6H,1-5,10H2. The predicted molar refractivity (Wildman–Crippen MR) is 45.1 cm³/mol. The van der Waals surface area contributed by atoms with Crippen molar-refractivity contribution >= 4 is 11.8 Å². The Bertz CT molecular complexity index is 139. The second-order valence-corrected chi connectivity index (χ2v) is 4.18. The molecule has 1 heterocycles. The van der Waals surface area contributed by atoms with Crippen molar-refractivity contribution in [1.29, 1.82) is 0 Å². The lowest BCUT2D eigenvalue weighted by Crippen LogP contribution is -2.36. The van der Waals surface area contributed by atoms with Crippen LogP contribution >= 0.6 is 11.8 Å². The molecule has 1 aliphatic rings. The molecule has 1 aliphatic heterocycles. The van der Waals surface area contributed by atoms with Gasteiger partial charge in [0.2, 0.25) is 0 Å². The average Bonchev–Trinajstić information content (AvgIpc) is 2.06. The Morgan fingerprint density at radius 3 is 2.50 bits per heavy atom. The minimum atomic E-state index is -2.74. The van der Waals surface area contributed by atoms with Gasteiger partial charge in [-0.15, -0.1) is 0 Å². The van der Waals surface area contributed by atoms with Crippen molar-refractivity contribution in [3.05, 3.63) is 0 Å². The third-order valence-corrected chi connectivity index (χ3v) is 3.14. The van der Waals surface area contributed by atoms with Gasteiger partial charge in [0.15, 0.2) is 0 Å². The summed E-state index contributed by atoms with van der Waals surface area (Å²) < 4.78 is 26.2. The molecule has 0 atom stereocenters. The summed E-state index contributed by atoms with van der Waals surface area (Å²) in [4.78, 5) is 4.00. The van der Waals surface area contributed by atoms with E-state index in [1.165, 1.54) is 0 Å². The maximum absolute atomic E-state index is 13.1. The fourth-order valence-corrected chi connectivity index (χ4v) is 2.46. The Morgan fingerprint density at radius 2 is 2.00 bits per heavy atom. The molecule has 0 spiro atoms. The van der Waals surface area contributed by atoms with Gasteiger partial charge in [-0.05, 0) is 24.3 Å². The fourth-order valence-electron chi connectivity index (χ4n) is 1.35. The number of alkyl halides is 2. The van der Waals surface area contributed by atoms with Crippen LogP contribution in [0.15, 0.2) is 0 Å². The number of hydrogen-bond donors (Lipinski definition) is 1. The van der Waals surface area contributed by atoms with Crippen molar-refractivity contribution in [3.8, 4) is 0 Å². The van der Waals surface area contributed by atoms with Crippen LogP contribution < -0.4 is 5.90 Å². The van der Waals surface area contributed by atoms with Crippen LogP contribution in [0.2, 0.25) is 0 Å². The summed E-state index contributed by atoms with van der Waals surface area (Å²) in [7, 11) is 0. The largest absolute Gasteiger partial charge is 0.298 e. The van der Waals surface area contributed by atoms with Gasteiger partial charge in [0.05, 0.1) is 0 Å². The van der Waals surface area contributed by atoms with Crippen LogP contribution in [-0.4, -0.2) is 24.0 Å². The maximum Gasteiger partial charge on any atom is 0.275 e. The van der Waals surface area contributed by atoms with Crippen molar-refractivity contribution in [2.75, 3.05) is 18.1 Å². The van der Waals surface area contributed by atoms with Crippen LogP contribution in [0, 0.1) is 5.92 Å². The molecule has 0 bridgehead atoms. The summed E-state index contributed by atoms with van der Waals surface area (Å²) in [6.07, 6.45) is 1.14. The van der Waals surface area contributed by atoms with E-state index in [0.717, 1.165) is 11.5 Å². The molecule has 1 rings (SSSR count). The van der Waals surface area contributed by atoms with Gasteiger partial charge in [-0.25, -0.2) is 14.7 Å². The SMILES string of the molecule is NOCC(F)(F)C1CCSCC1. The second-order valence-electron chi connectivity index (χ2n) is 2.96. The molecule has 72 valence electrons. The van der Waals surface area contributed by atoms with Crippen molar-refractivity contribution in [1.82, 2.24) is 0 Å². The number of hydrogen-bond acceptors (Lipinski definition) is 3. The van der Waals surface area contributed by atoms with Gasteiger partial charge in [-0.2, -0.15) is 11.8 Å². The van der Waals surface area contributed by atoms with E-state index in [-0.39, 0.29) is 0 Å². The molecule has 0 aromatic rings. The first-order chi connectivity index (χ1) is 5.67. The summed E-state index contributed by atoms with van der Waals surface area (Å²) in [5.74, 6) is 3.00. The van der Waals surface area contributed by atoms with E-state index in [9.17, 15) is 8.78 Å². The zero-order valence-corrected chi connectivity index (χ0v) is 7.58. The molecule has 0 aromatic heterocycles. The number of rotatable bonds is 3. The monoisotopic (exact) mass is 197 g/mol. The molecule has 1 fully saturated rings. The van der Waals surface area contributed by atoms with Crippen LogP contribution in [0.25, 0.3) is 0 Å². The Morgan fingerprint density at radius 1 is 1.42 bits per heavy atom. The molecule has 5 heteroatoms. The molecular weight excluding hydrogens is 184 g/mol. The molecule has 0 unspecified atom stereocenters. The molecule has 0 amide bonds. The van der Waals surface area contributed by atoms with Gasteiger partial charge in [-0.1, -0.05) is 0 Å². The Hall–Kier alpha value is 0.130. The van der Waals surface area contributed by atoms with Crippen molar-refractivity contribution in [3.63, 3.8) is 0 Å². The van der Waals surface area contributed by atoms with E-state index in [1.807, 2.05) is 0 Å². The van der Waals surface area contributed by atoms with Crippen LogP contribution in [-0.2, 0) is 4.84 Å². The van der Waals surface area contributed by atoms with Gasteiger partial charge < -0.3 is 0 Å². The third-order valence-electron chi connectivity index (χ3n) is 2.09. The van der Waals surface area contributed by atoms with E-state index in [2.05, 4.69) is 10.7 Å². The topological polar surface area (TPSA) is 35.2 Å². The molecule has 2 N–H and O–H groups in total. The van der Waals surface area contributed by atoms with E-state index >= 15 is 0 Å². The van der Waals surface area contributed by atoms with E-state index in [4.69, 9.17) is 0 Å². The van der Waals surface area contributed by atoms with Crippen LogP contribution in [0.1, 0.15) is 12.8 Å². The number of nitrogens with two attached hydrogens (primary N) is 1. The quantitative estimate of drug-likeness (QED) is 0.699. The first-order valence-electron chi connectivity index (χ1n) is 3.94. The Balaban J connectivity index is 2.41. The maximum atomic E-state index is 13.1. The van der Waals surface area contributed by atoms with E-state index in [1.54, 1.807) is 11.8 Å². The minimum Gasteiger partial charge on any atom is -0.298 e. The molecule has 0 radical (unpaired) electrons. The van der Waals surface area contributed by atoms with Crippen molar-refractivity contribution < 1.29 is 13.6 Å². The summed E-state index contributed by atoms with van der Waals surface area (Å²) in [6, 6.07) is 0. The fraction of sp³-hybridized carbons (Fsp3) is 1.00. The smallest absolute Gasteiger partial charge is 0.275 e. The zero-order chi connectivity index (χ0) is 9.03. The molecule has 0 saturated carbocycles. The highest BCUT2D eigenvalue weighted by atomic mass is 32.2. The van der Waals surface area contributed by atoms with Gasteiger partial charge in [0.25, 0.3) is 5.92 Å². The van der Waals surface area contributed by atoms with Crippen LogP contribution in [0.3, 0.4) is 0 Å². The minimum absolute atomic E-state index is 0.540. The number of thioether (sulfide) groups is 1. The lowest BCUT2D eigenvalue weighted by Gasteiger charge is -2.28. The molecule has 12 heavy (non-hydrogen) atoms. The van der Waals surface area contributed by atoms with Gasteiger partial charge in [0.1, 0.15) is 6.61 Å². The van der Waals surface area contributed by atoms with Gasteiger partial charge in [-0.3, -0.25) is 4.84 Å². The lowest BCUT2D eigenvalue weighted by atomic mass is 9.95. The van der Waals surface area contributed by atoms with E-state index < -0.39 is 18.4 Å². The van der Waals surface area contributed by atoms with Crippen molar-refractivity contribution in [2.24, 2.45) is 11.8 Å².